The lowest BCUT2D eigenvalue weighted by atomic mass is 9.88. The van der Waals surface area contributed by atoms with Crippen molar-refractivity contribution in [3.05, 3.63) is 65.2 Å². The predicted octanol–water partition coefficient (Wildman–Crippen LogP) is 3.28. The van der Waals surface area contributed by atoms with E-state index >= 15 is 0 Å². The zero-order valence-corrected chi connectivity index (χ0v) is 16.0. The van der Waals surface area contributed by atoms with Crippen LogP contribution in [0.15, 0.2) is 53.4 Å². The summed E-state index contributed by atoms with van der Waals surface area (Å²) in [6, 6.07) is 14.1. The van der Waals surface area contributed by atoms with E-state index in [-0.39, 0.29) is 16.8 Å². The molecule has 0 spiro atoms. The Hall–Kier alpha value is -2.18. The second-order valence-corrected chi connectivity index (χ2v) is 9.00. The van der Waals surface area contributed by atoms with E-state index < -0.39 is 10.0 Å². The van der Waals surface area contributed by atoms with Crippen LogP contribution in [0.2, 0.25) is 0 Å². The summed E-state index contributed by atoms with van der Waals surface area (Å²) in [6.07, 6.45) is 4.81. The number of sulfonamides is 1. The highest BCUT2D eigenvalue weighted by molar-refractivity contribution is 7.89. The molecule has 1 aliphatic carbocycles. The van der Waals surface area contributed by atoms with Crippen LogP contribution in [0.3, 0.4) is 0 Å². The van der Waals surface area contributed by atoms with Gasteiger partial charge in [0.15, 0.2) is 0 Å². The molecule has 0 aromatic heterocycles. The van der Waals surface area contributed by atoms with Crippen LogP contribution < -0.4 is 4.72 Å². The van der Waals surface area contributed by atoms with E-state index in [2.05, 4.69) is 10.8 Å². The number of amides is 1. The molecule has 1 heterocycles. The highest BCUT2D eigenvalue weighted by atomic mass is 32.2. The maximum atomic E-state index is 12.8. The van der Waals surface area contributed by atoms with Gasteiger partial charge in [-0.25, -0.2) is 13.1 Å². The summed E-state index contributed by atoms with van der Waals surface area (Å²) in [5, 5.41) is 0. The first-order valence-corrected chi connectivity index (χ1v) is 11.0. The van der Waals surface area contributed by atoms with Crippen LogP contribution in [0.5, 0.6) is 0 Å². The molecule has 6 heteroatoms. The second kappa shape index (κ2) is 7.44. The second-order valence-electron chi connectivity index (χ2n) is 7.29. The predicted molar refractivity (Wildman–Crippen MR) is 104 cm³/mol. The molecule has 1 atom stereocenters. The van der Waals surface area contributed by atoms with Gasteiger partial charge in [-0.15, -0.1) is 0 Å². The van der Waals surface area contributed by atoms with Crippen molar-refractivity contribution in [2.24, 2.45) is 0 Å². The van der Waals surface area contributed by atoms with E-state index in [1.54, 1.807) is 12.1 Å². The standard InChI is InChI=1S/C21H24N2O3S/c24-21(23-14-3-4-15-23)17-10-12-18(13-11-17)27(25,26)22-20-9-5-7-16-6-1-2-8-19(16)20/h1-2,6,8,10-13,20,22H,3-5,7,9,14-15H2/t20-/m0/s1. The average molecular weight is 385 g/mol. The van der Waals surface area contributed by atoms with Crippen LogP contribution in [0.4, 0.5) is 0 Å². The fraction of sp³-hybridized carbons (Fsp3) is 0.381. The number of carbonyl (C=O) groups excluding carboxylic acids is 1. The zero-order valence-electron chi connectivity index (χ0n) is 15.2. The molecular formula is C21H24N2O3S. The number of rotatable bonds is 4. The smallest absolute Gasteiger partial charge is 0.253 e. The van der Waals surface area contributed by atoms with Gasteiger partial charge in [-0.2, -0.15) is 0 Å². The molecular weight excluding hydrogens is 360 g/mol. The number of fused-ring (bicyclic) bond motifs is 1. The highest BCUT2D eigenvalue weighted by Crippen LogP contribution is 2.30. The third-order valence-corrected chi connectivity index (χ3v) is 6.96. The molecule has 5 nitrogen and oxygen atoms in total. The molecule has 0 saturated carbocycles. The molecule has 1 saturated heterocycles. The Morgan fingerprint density at radius 3 is 2.41 bits per heavy atom. The summed E-state index contributed by atoms with van der Waals surface area (Å²) in [6.45, 7) is 1.56. The molecule has 27 heavy (non-hydrogen) atoms. The zero-order chi connectivity index (χ0) is 18.9. The minimum absolute atomic E-state index is 0.0226. The third kappa shape index (κ3) is 3.77. The molecule has 2 aromatic rings. The van der Waals surface area contributed by atoms with Crippen LogP contribution in [0.25, 0.3) is 0 Å². The summed E-state index contributed by atoms with van der Waals surface area (Å²) in [5.74, 6) is -0.0226. The van der Waals surface area contributed by atoms with Gasteiger partial charge in [0.2, 0.25) is 10.0 Å². The van der Waals surface area contributed by atoms with E-state index in [0.717, 1.165) is 50.8 Å². The number of hydrogen-bond donors (Lipinski definition) is 1. The van der Waals surface area contributed by atoms with Crippen molar-refractivity contribution in [1.82, 2.24) is 9.62 Å². The first kappa shape index (κ1) is 18.2. The summed E-state index contributed by atoms with van der Waals surface area (Å²) in [4.78, 5) is 14.4. The first-order chi connectivity index (χ1) is 13.0. The molecule has 0 bridgehead atoms. The molecule has 1 fully saturated rings. The summed E-state index contributed by atoms with van der Waals surface area (Å²) in [7, 11) is -3.64. The van der Waals surface area contributed by atoms with E-state index in [1.807, 2.05) is 23.1 Å². The minimum atomic E-state index is -3.64. The van der Waals surface area contributed by atoms with Crippen LogP contribution in [0.1, 0.15) is 53.2 Å². The third-order valence-electron chi connectivity index (χ3n) is 5.47. The van der Waals surface area contributed by atoms with E-state index in [1.165, 1.54) is 17.7 Å². The molecule has 2 aliphatic rings. The van der Waals surface area contributed by atoms with Gasteiger partial charge >= 0.3 is 0 Å². The number of hydrogen-bond acceptors (Lipinski definition) is 3. The van der Waals surface area contributed by atoms with Crippen molar-refractivity contribution in [1.29, 1.82) is 0 Å². The lowest BCUT2D eigenvalue weighted by molar-refractivity contribution is 0.0792. The Bertz CT molecular complexity index is 932. The van der Waals surface area contributed by atoms with Crippen molar-refractivity contribution in [2.45, 2.75) is 43.0 Å². The minimum Gasteiger partial charge on any atom is -0.339 e. The molecule has 1 N–H and O–H groups in total. The van der Waals surface area contributed by atoms with Gasteiger partial charge in [0.05, 0.1) is 4.90 Å². The molecule has 4 rings (SSSR count). The number of nitrogens with zero attached hydrogens (tertiary/aromatic N) is 1. The van der Waals surface area contributed by atoms with Gasteiger partial charge in [0.1, 0.15) is 0 Å². The number of likely N-dealkylation sites (tertiary alicyclic amines) is 1. The highest BCUT2D eigenvalue weighted by Gasteiger charge is 2.26. The molecule has 0 radical (unpaired) electrons. The van der Waals surface area contributed by atoms with E-state index in [9.17, 15) is 13.2 Å². The maximum absolute atomic E-state index is 12.8. The summed E-state index contributed by atoms with van der Waals surface area (Å²) < 4.78 is 28.5. The SMILES string of the molecule is O=C(c1ccc(S(=O)(=O)N[C@H]2CCCc3ccccc32)cc1)N1CCCC1. The van der Waals surface area contributed by atoms with Crippen molar-refractivity contribution < 1.29 is 13.2 Å². The van der Waals surface area contributed by atoms with Crippen LogP contribution in [-0.2, 0) is 16.4 Å². The monoisotopic (exact) mass is 384 g/mol. The number of aryl methyl sites for hydroxylation is 1. The Kier molecular flexibility index (Phi) is 5.02. The van der Waals surface area contributed by atoms with Crippen molar-refractivity contribution in [2.75, 3.05) is 13.1 Å². The van der Waals surface area contributed by atoms with Crippen LogP contribution in [-0.4, -0.2) is 32.3 Å². The number of nitrogens with one attached hydrogen (secondary N) is 1. The number of benzene rings is 2. The van der Waals surface area contributed by atoms with Crippen molar-refractivity contribution in [3.63, 3.8) is 0 Å². The summed E-state index contributed by atoms with van der Waals surface area (Å²) in [5.41, 5.74) is 2.81. The molecule has 1 amide bonds. The van der Waals surface area contributed by atoms with Gasteiger partial charge in [0, 0.05) is 24.7 Å². The Morgan fingerprint density at radius 1 is 0.963 bits per heavy atom. The van der Waals surface area contributed by atoms with Gasteiger partial charge in [0.25, 0.3) is 5.91 Å². The van der Waals surface area contributed by atoms with E-state index in [0.29, 0.717) is 5.56 Å². The van der Waals surface area contributed by atoms with Gasteiger partial charge in [-0.05, 0) is 67.5 Å². The molecule has 2 aromatic carbocycles. The van der Waals surface area contributed by atoms with Crippen LogP contribution >= 0.6 is 0 Å². The lowest BCUT2D eigenvalue weighted by Crippen LogP contribution is -2.31. The van der Waals surface area contributed by atoms with Gasteiger partial charge < -0.3 is 4.90 Å². The van der Waals surface area contributed by atoms with Crippen LogP contribution in [0, 0.1) is 0 Å². The Morgan fingerprint density at radius 2 is 1.67 bits per heavy atom. The first-order valence-electron chi connectivity index (χ1n) is 9.54. The molecule has 142 valence electrons. The summed E-state index contributed by atoms with van der Waals surface area (Å²) >= 11 is 0. The lowest BCUT2D eigenvalue weighted by Gasteiger charge is -2.26. The normalized spacial score (nSPS) is 19.7. The Balaban J connectivity index is 1.52. The topological polar surface area (TPSA) is 66.5 Å². The van der Waals surface area contributed by atoms with Gasteiger partial charge in [-0.1, -0.05) is 24.3 Å². The fourth-order valence-corrected chi connectivity index (χ4v) is 5.26. The van der Waals surface area contributed by atoms with Crippen molar-refractivity contribution >= 4 is 15.9 Å². The fourth-order valence-electron chi connectivity index (χ4n) is 4.01. The maximum Gasteiger partial charge on any atom is 0.253 e. The largest absolute Gasteiger partial charge is 0.339 e. The Labute approximate surface area is 160 Å². The average Bonchev–Trinajstić information content (AvgIpc) is 3.22. The quantitative estimate of drug-likeness (QED) is 0.880. The number of carbonyl (C=O) groups is 1. The van der Waals surface area contributed by atoms with Crippen molar-refractivity contribution in [3.8, 4) is 0 Å². The molecule has 0 unspecified atom stereocenters. The van der Waals surface area contributed by atoms with Gasteiger partial charge in [-0.3, -0.25) is 4.79 Å². The van der Waals surface area contributed by atoms with E-state index in [4.69, 9.17) is 0 Å². The molecule has 1 aliphatic heterocycles.